The van der Waals surface area contributed by atoms with Gasteiger partial charge in [-0.15, -0.1) is 34.0 Å². The highest BCUT2D eigenvalue weighted by atomic mass is 32.1. The number of aryl methyl sites for hydroxylation is 1. The van der Waals surface area contributed by atoms with E-state index >= 15 is 0 Å². The zero-order valence-electron chi connectivity index (χ0n) is 11.4. The second kappa shape index (κ2) is 6.38. The van der Waals surface area contributed by atoms with Crippen LogP contribution in [0.5, 0.6) is 0 Å². The fourth-order valence-corrected chi connectivity index (χ4v) is 6.35. The smallest absolute Gasteiger partial charge is 0.0632 e. The van der Waals surface area contributed by atoms with Gasteiger partial charge in [-0.05, 0) is 30.4 Å². The molecule has 0 saturated carbocycles. The summed E-state index contributed by atoms with van der Waals surface area (Å²) in [5, 5.41) is 2.22. The third kappa shape index (κ3) is 3.04. The Morgan fingerprint density at radius 2 is 1.74 bits per heavy atom. The summed E-state index contributed by atoms with van der Waals surface area (Å²) in [6, 6.07) is 4.69. The van der Waals surface area contributed by atoms with Crippen LogP contribution in [0.4, 0.5) is 0 Å². The van der Waals surface area contributed by atoms with Crippen LogP contribution in [-0.2, 0) is 6.42 Å². The Morgan fingerprint density at radius 1 is 0.895 bits per heavy atom. The summed E-state index contributed by atoms with van der Waals surface area (Å²) >= 11 is 5.88. The molecule has 0 spiro atoms. The van der Waals surface area contributed by atoms with Crippen molar-refractivity contribution in [3.8, 4) is 0 Å². The van der Waals surface area contributed by atoms with Crippen LogP contribution in [0.1, 0.15) is 50.3 Å². The van der Waals surface area contributed by atoms with Gasteiger partial charge in [-0.1, -0.05) is 39.0 Å². The quantitative estimate of drug-likeness (QED) is 0.409. The van der Waals surface area contributed by atoms with Gasteiger partial charge in [0.1, 0.15) is 0 Å². The van der Waals surface area contributed by atoms with Crippen LogP contribution in [0, 0.1) is 0 Å². The average molecular weight is 309 g/mol. The van der Waals surface area contributed by atoms with Crippen molar-refractivity contribution in [2.75, 3.05) is 0 Å². The molecule has 3 heterocycles. The van der Waals surface area contributed by atoms with Crippen molar-refractivity contribution in [3.05, 3.63) is 22.4 Å². The molecule has 19 heavy (non-hydrogen) atoms. The van der Waals surface area contributed by atoms with E-state index in [2.05, 4.69) is 24.4 Å². The standard InChI is InChI=1S/C16H20S3/c1-2-3-4-5-6-7-8-12-11-14-16(18-12)15-13(19-14)9-10-17-15/h9-11H,2-8H2,1H3. The van der Waals surface area contributed by atoms with Crippen molar-refractivity contribution < 1.29 is 0 Å². The van der Waals surface area contributed by atoms with Crippen LogP contribution in [0.2, 0.25) is 0 Å². The van der Waals surface area contributed by atoms with E-state index in [4.69, 9.17) is 0 Å². The van der Waals surface area contributed by atoms with Crippen molar-refractivity contribution in [1.82, 2.24) is 0 Å². The Hall–Kier alpha value is -0.380. The van der Waals surface area contributed by atoms with E-state index in [9.17, 15) is 0 Å². The largest absolute Gasteiger partial charge is 0.141 e. The fraction of sp³-hybridized carbons (Fsp3) is 0.500. The van der Waals surface area contributed by atoms with Crippen LogP contribution in [0.3, 0.4) is 0 Å². The number of rotatable bonds is 7. The van der Waals surface area contributed by atoms with Gasteiger partial charge in [0.15, 0.2) is 0 Å². The highest BCUT2D eigenvalue weighted by Crippen LogP contribution is 2.42. The molecule has 3 aromatic heterocycles. The van der Waals surface area contributed by atoms with Crippen molar-refractivity contribution in [3.63, 3.8) is 0 Å². The number of hydrogen-bond acceptors (Lipinski definition) is 3. The molecule has 0 N–H and O–H groups in total. The molecule has 0 nitrogen and oxygen atoms in total. The zero-order valence-corrected chi connectivity index (χ0v) is 13.9. The van der Waals surface area contributed by atoms with Crippen LogP contribution >= 0.6 is 34.0 Å². The molecule has 0 aliphatic rings. The van der Waals surface area contributed by atoms with Crippen LogP contribution < -0.4 is 0 Å². The minimum atomic E-state index is 1.28. The second-order valence-corrected chi connectivity index (χ2v) is 8.28. The van der Waals surface area contributed by atoms with Crippen molar-refractivity contribution >= 4 is 52.8 Å². The van der Waals surface area contributed by atoms with Crippen LogP contribution in [-0.4, -0.2) is 0 Å². The first-order valence-electron chi connectivity index (χ1n) is 7.27. The van der Waals surface area contributed by atoms with Gasteiger partial charge >= 0.3 is 0 Å². The molecule has 0 aromatic carbocycles. The van der Waals surface area contributed by atoms with Gasteiger partial charge in [-0.3, -0.25) is 0 Å². The predicted octanol–water partition coefficient (Wildman–Crippen LogP) is 7.08. The molecule has 102 valence electrons. The normalized spacial score (nSPS) is 11.8. The van der Waals surface area contributed by atoms with E-state index < -0.39 is 0 Å². The van der Waals surface area contributed by atoms with E-state index in [1.54, 1.807) is 4.88 Å². The lowest BCUT2D eigenvalue weighted by Gasteiger charge is -1.99. The number of unbranched alkanes of at least 4 members (excludes halogenated alkanes) is 5. The van der Waals surface area contributed by atoms with Gasteiger partial charge < -0.3 is 0 Å². The average Bonchev–Trinajstić information content (AvgIpc) is 3.05. The summed E-state index contributed by atoms with van der Waals surface area (Å²) < 4.78 is 6.03. The highest BCUT2D eigenvalue weighted by molar-refractivity contribution is 7.38. The molecule has 0 aliphatic carbocycles. The minimum absolute atomic E-state index is 1.28. The van der Waals surface area contributed by atoms with E-state index in [-0.39, 0.29) is 0 Å². The van der Waals surface area contributed by atoms with E-state index in [1.165, 1.54) is 63.7 Å². The van der Waals surface area contributed by atoms with E-state index in [0.717, 1.165) is 0 Å². The second-order valence-electron chi connectivity index (χ2n) is 5.14. The molecule has 0 amide bonds. The monoisotopic (exact) mass is 308 g/mol. The van der Waals surface area contributed by atoms with Gasteiger partial charge in [-0.2, -0.15) is 0 Å². The lowest BCUT2D eigenvalue weighted by Crippen LogP contribution is -1.82. The Bertz CT molecular complexity index is 641. The van der Waals surface area contributed by atoms with Gasteiger partial charge in [-0.25, -0.2) is 0 Å². The molecule has 3 heteroatoms. The molecular formula is C16H20S3. The van der Waals surface area contributed by atoms with Crippen molar-refractivity contribution in [2.24, 2.45) is 0 Å². The Labute approximate surface area is 127 Å². The molecule has 0 fully saturated rings. The first-order valence-corrected chi connectivity index (χ1v) is 9.78. The Balaban J connectivity index is 1.57. The van der Waals surface area contributed by atoms with E-state index in [0.29, 0.717) is 0 Å². The number of thiophene rings is 3. The molecule has 0 atom stereocenters. The summed E-state index contributed by atoms with van der Waals surface area (Å²) in [5.74, 6) is 0. The van der Waals surface area contributed by atoms with Crippen molar-refractivity contribution in [1.29, 1.82) is 0 Å². The number of hydrogen-bond donors (Lipinski definition) is 0. The SMILES string of the molecule is CCCCCCCCc1cc2sc3ccsc3c2s1. The zero-order chi connectivity index (χ0) is 13.1. The number of fused-ring (bicyclic) bond motifs is 3. The molecule has 0 bridgehead atoms. The highest BCUT2D eigenvalue weighted by Gasteiger charge is 2.10. The lowest BCUT2D eigenvalue weighted by atomic mass is 10.1. The van der Waals surface area contributed by atoms with E-state index in [1.807, 2.05) is 34.0 Å². The maximum Gasteiger partial charge on any atom is 0.0632 e. The van der Waals surface area contributed by atoms with Crippen LogP contribution in [0.15, 0.2) is 17.5 Å². The lowest BCUT2D eigenvalue weighted by molar-refractivity contribution is 0.609. The summed E-state index contributed by atoms with van der Waals surface area (Å²) in [6.45, 7) is 2.28. The minimum Gasteiger partial charge on any atom is -0.141 e. The third-order valence-electron chi connectivity index (χ3n) is 3.58. The van der Waals surface area contributed by atoms with Crippen LogP contribution in [0.25, 0.3) is 18.8 Å². The maximum atomic E-state index is 2.43. The molecular weight excluding hydrogens is 288 g/mol. The summed E-state index contributed by atoms with van der Waals surface area (Å²) in [5.41, 5.74) is 0. The predicted molar refractivity (Wildman–Crippen MR) is 92.2 cm³/mol. The Morgan fingerprint density at radius 3 is 2.63 bits per heavy atom. The van der Waals surface area contributed by atoms with Gasteiger partial charge in [0, 0.05) is 14.3 Å². The van der Waals surface area contributed by atoms with Gasteiger partial charge in [0.2, 0.25) is 0 Å². The Kier molecular flexibility index (Phi) is 4.57. The first-order chi connectivity index (χ1) is 9.38. The first kappa shape index (κ1) is 13.6. The summed E-state index contributed by atoms with van der Waals surface area (Å²) in [4.78, 5) is 1.59. The molecule has 0 saturated heterocycles. The van der Waals surface area contributed by atoms with Crippen molar-refractivity contribution in [2.45, 2.75) is 51.9 Å². The van der Waals surface area contributed by atoms with Gasteiger partial charge in [0.05, 0.1) is 9.40 Å². The maximum absolute atomic E-state index is 2.43. The molecule has 0 unspecified atom stereocenters. The molecule has 3 aromatic rings. The van der Waals surface area contributed by atoms with Gasteiger partial charge in [0.25, 0.3) is 0 Å². The summed E-state index contributed by atoms with van der Waals surface area (Å²) in [6.07, 6.45) is 9.65. The topological polar surface area (TPSA) is 0 Å². The molecule has 3 rings (SSSR count). The molecule has 0 aliphatic heterocycles. The fourth-order valence-electron chi connectivity index (χ4n) is 2.52. The third-order valence-corrected chi connectivity index (χ3v) is 7.21. The summed E-state index contributed by atoms with van der Waals surface area (Å²) in [7, 11) is 0. The molecule has 0 radical (unpaired) electrons.